The van der Waals surface area contributed by atoms with Gasteiger partial charge in [0.1, 0.15) is 0 Å². The van der Waals surface area contributed by atoms with E-state index in [1.54, 1.807) is 0 Å². The fourth-order valence-corrected chi connectivity index (χ4v) is 4.91. The van der Waals surface area contributed by atoms with Crippen molar-refractivity contribution >= 4 is 32.3 Å². The van der Waals surface area contributed by atoms with Crippen LogP contribution < -0.4 is 5.32 Å². The Morgan fingerprint density at radius 3 is 2.48 bits per heavy atom. The van der Waals surface area contributed by atoms with Gasteiger partial charge in [0, 0.05) is 54.6 Å². The van der Waals surface area contributed by atoms with Crippen molar-refractivity contribution in [2.75, 3.05) is 25.0 Å². The maximum atomic E-state index is 13.1. The van der Waals surface area contributed by atoms with Gasteiger partial charge in [-0.1, -0.05) is 13.8 Å². The summed E-state index contributed by atoms with van der Waals surface area (Å²) in [6, 6.07) is 12.5. The fraction of sp³-hybridized carbons (Fsp3) is 0.333. The number of nitrogens with one attached hydrogen (secondary N) is 2. The van der Waals surface area contributed by atoms with E-state index < -0.39 is 21.1 Å². The van der Waals surface area contributed by atoms with Crippen LogP contribution in [0.3, 0.4) is 0 Å². The van der Waals surface area contributed by atoms with Crippen LogP contribution in [0.1, 0.15) is 13.8 Å². The third-order valence-corrected chi connectivity index (χ3v) is 6.61. The second-order valence-electron chi connectivity index (χ2n) is 7.78. The predicted octanol–water partition coefficient (Wildman–Crippen LogP) is 3.20. The Morgan fingerprint density at radius 1 is 1.13 bits per heavy atom. The molecule has 0 unspecified atom stereocenters. The van der Waals surface area contributed by atoms with Crippen LogP contribution in [-0.4, -0.2) is 53.5 Å². The number of hydrogen-bond acceptors (Lipinski definition) is 6. The van der Waals surface area contributed by atoms with Crippen molar-refractivity contribution < 1.29 is 18.4 Å². The average molecular weight is 447 g/mol. The number of nitro groups is 1. The van der Waals surface area contributed by atoms with Crippen LogP contribution in [0.2, 0.25) is 0 Å². The molecular formula is C21H26N4O5S. The summed E-state index contributed by atoms with van der Waals surface area (Å²) in [5, 5.41) is 25.5. The number of aliphatic hydroxyl groups excluding tert-OH is 1. The van der Waals surface area contributed by atoms with Gasteiger partial charge in [-0.05, 0) is 42.3 Å². The molecule has 0 fully saturated rings. The topological polar surface area (TPSA) is 129 Å². The number of fused-ring (bicyclic) bond motifs is 1. The van der Waals surface area contributed by atoms with Gasteiger partial charge in [0.15, 0.2) is 0 Å². The highest BCUT2D eigenvalue weighted by Gasteiger charge is 2.27. The Labute approximate surface area is 180 Å². The van der Waals surface area contributed by atoms with Gasteiger partial charge in [0.05, 0.1) is 15.9 Å². The van der Waals surface area contributed by atoms with Crippen molar-refractivity contribution in [1.29, 1.82) is 0 Å². The average Bonchev–Trinajstić information content (AvgIpc) is 3.19. The number of aliphatic hydroxyl groups is 1. The third-order valence-electron chi connectivity index (χ3n) is 4.76. The lowest BCUT2D eigenvalue weighted by Crippen LogP contribution is -2.41. The molecule has 0 spiro atoms. The second kappa shape index (κ2) is 9.46. The highest BCUT2D eigenvalue weighted by molar-refractivity contribution is 7.89. The summed E-state index contributed by atoms with van der Waals surface area (Å²) < 4.78 is 27.4. The minimum atomic E-state index is -3.92. The summed E-state index contributed by atoms with van der Waals surface area (Å²) >= 11 is 0. The molecule has 0 aliphatic carbocycles. The highest BCUT2D eigenvalue weighted by Crippen LogP contribution is 2.21. The van der Waals surface area contributed by atoms with E-state index in [0.717, 1.165) is 28.7 Å². The van der Waals surface area contributed by atoms with Gasteiger partial charge >= 0.3 is 0 Å². The van der Waals surface area contributed by atoms with E-state index in [1.807, 2.05) is 44.3 Å². The first-order valence-corrected chi connectivity index (χ1v) is 11.3. The minimum absolute atomic E-state index is 0.0315. The molecule has 31 heavy (non-hydrogen) atoms. The van der Waals surface area contributed by atoms with Crippen molar-refractivity contribution in [2.24, 2.45) is 5.92 Å². The molecule has 0 saturated carbocycles. The van der Waals surface area contributed by atoms with E-state index in [1.165, 1.54) is 16.4 Å². The van der Waals surface area contributed by atoms with Crippen LogP contribution in [0.5, 0.6) is 0 Å². The van der Waals surface area contributed by atoms with Gasteiger partial charge in [-0.15, -0.1) is 0 Å². The fourth-order valence-electron chi connectivity index (χ4n) is 3.27. The van der Waals surface area contributed by atoms with Crippen LogP contribution in [-0.2, 0) is 10.0 Å². The Morgan fingerprint density at radius 2 is 1.84 bits per heavy atom. The zero-order chi connectivity index (χ0) is 22.6. The van der Waals surface area contributed by atoms with Crippen molar-refractivity contribution in [3.63, 3.8) is 0 Å². The van der Waals surface area contributed by atoms with E-state index in [9.17, 15) is 23.6 Å². The number of nitro benzene ring substituents is 1. The normalized spacial score (nSPS) is 13.1. The summed E-state index contributed by atoms with van der Waals surface area (Å²) in [5.74, 6) is 0.0315. The van der Waals surface area contributed by atoms with Crippen molar-refractivity contribution in [3.05, 3.63) is 64.8 Å². The van der Waals surface area contributed by atoms with Gasteiger partial charge in [0.25, 0.3) is 5.69 Å². The first kappa shape index (κ1) is 22.7. The summed E-state index contributed by atoms with van der Waals surface area (Å²) in [4.78, 5) is 13.3. The molecule has 3 rings (SSSR count). The molecule has 166 valence electrons. The van der Waals surface area contributed by atoms with Crippen LogP contribution >= 0.6 is 0 Å². The molecule has 1 aromatic heterocycles. The number of aromatic amines is 1. The van der Waals surface area contributed by atoms with Crippen molar-refractivity contribution in [3.8, 4) is 0 Å². The SMILES string of the molecule is CC(C)CN(C[C@@H](O)CNc1ccc2[nH]ccc2c1)S(=O)(=O)c1ccc([N+](=O)[O-])cc1. The summed E-state index contributed by atoms with van der Waals surface area (Å²) in [6.07, 6.45) is 0.893. The zero-order valence-electron chi connectivity index (χ0n) is 17.4. The Kier molecular flexibility index (Phi) is 6.94. The molecule has 1 atom stereocenters. The first-order chi connectivity index (χ1) is 14.7. The molecule has 0 aliphatic heterocycles. The lowest BCUT2D eigenvalue weighted by molar-refractivity contribution is -0.384. The second-order valence-corrected chi connectivity index (χ2v) is 9.72. The Balaban J connectivity index is 1.70. The zero-order valence-corrected chi connectivity index (χ0v) is 18.2. The van der Waals surface area contributed by atoms with E-state index in [4.69, 9.17) is 0 Å². The Bertz CT molecular complexity index is 1140. The lowest BCUT2D eigenvalue weighted by atomic mass is 10.2. The van der Waals surface area contributed by atoms with Crippen LogP contribution in [0.25, 0.3) is 10.9 Å². The quantitative estimate of drug-likeness (QED) is 0.324. The number of non-ortho nitro benzene ring substituents is 1. The maximum absolute atomic E-state index is 13.1. The number of benzene rings is 2. The number of rotatable bonds is 10. The molecule has 2 aromatic carbocycles. The summed E-state index contributed by atoms with van der Waals surface area (Å²) in [5.41, 5.74) is 1.64. The molecule has 10 heteroatoms. The third kappa shape index (κ3) is 5.60. The largest absolute Gasteiger partial charge is 0.390 e. The molecule has 9 nitrogen and oxygen atoms in total. The van der Waals surface area contributed by atoms with Crippen molar-refractivity contribution in [1.82, 2.24) is 9.29 Å². The molecule has 3 aromatic rings. The van der Waals surface area contributed by atoms with Crippen LogP contribution in [0, 0.1) is 16.0 Å². The standard InChI is InChI=1S/C21H26N4O5S/c1-15(2)13-24(31(29,30)20-6-4-18(5-7-20)25(27)28)14-19(26)12-23-17-3-8-21-16(11-17)9-10-22-21/h3-11,15,19,22-23,26H,12-14H2,1-2H3/t19-/m0/s1. The molecule has 0 bridgehead atoms. The first-order valence-electron chi connectivity index (χ1n) is 9.90. The lowest BCUT2D eigenvalue weighted by Gasteiger charge is -2.26. The van der Waals surface area contributed by atoms with E-state index in [0.29, 0.717) is 0 Å². The molecule has 3 N–H and O–H groups in total. The van der Waals surface area contributed by atoms with Gasteiger partial charge in [0.2, 0.25) is 10.0 Å². The van der Waals surface area contributed by atoms with E-state index >= 15 is 0 Å². The van der Waals surface area contributed by atoms with Crippen molar-refractivity contribution in [2.45, 2.75) is 24.8 Å². The summed E-state index contributed by atoms with van der Waals surface area (Å²) in [6.45, 7) is 4.05. The Hall–Kier alpha value is -2.95. The van der Waals surface area contributed by atoms with Crippen LogP contribution in [0.4, 0.5) is 11.4 Å². The number of H-pyrrole nitrogens is 1. The minimum Gasteiger partial charge on any atom is -0.390 e. The molecule has 1 heterocycles. The van der Waals surface area contributed by atoms with Crippen LogP contribution in [0.15, 0.2) is 59.6 Å². The maximum Gasteiger partial charge on any atom is 0.269 e. The monoisotopic (exact) mass is 446 g/mol. The highest BCUT2D eigenvalue weighted by atomic mass is 32.2. The van der Waals surface area contributed by atoms with Gasteiger partial charge < -0.3 is 15.4 Å². The van der Waals surface area contributed by atoms with E-state index in [-0.39, 0.29) is 36.1 Å². The number of anilines is 1. The molecule has 0 radical (unpaired) electrons. The predicted molar refractivity (Wildman–Crippen MR) is 119 cm³/mol. The number of aromatic nitrogens is 1. The number of sulfonamides is 1. The van der Waals surface area contributed by atoms with Gasteiger partial charge in [-0.3, -0.25) is 10.1 Å². The van der Waals surface area contributed by atoms with E-state index in [2.05, 4.69) is 10.3 Å². The van der Waals surface area contributed by atoms with Gasteiger partial charge in [-0.2, -0.15) is 4.31 Å². The molecule has 0 amide bonds. The molecule has 0 aliphatic rings. The molecular weight excluding hydrogens is 420 g/mol. The van der Waals surface area contributed by atoms with Gasteiger partial charge in [-0.25, -0.2) is 8.42 Å². The smallest absolute Gasteiger partial charge is 0.269 e. The number of hydrogen-bond donors (Lipinski definition) is 3. The molecule has 0 saturated heterocycles. The number of nitrogens with zero attached hydrogens (tertiary/aromatic N) is 2. The summed E-state index contributed by atoms with van der Waals surface area (Å²) in [7, 11) is -3.92.